The van der Waals surface area contributed by atoms with E-state index in [9.17, 15) is 9.59 Å². The van der Waals surface area contributed by atoms with Crippen LogP contribution in [0.5, 0.6) is 0 Å². The highest BCUT2D eigenvalue weighted by Gasteiger charge is 2.29. The van der Waals surface area contributed by atoms with E-state index in [0.29, 0.717) is 0 Å². The van der Waals surface area contributed by atoms with Crippen molar-refractivity contribution < 1.29 is 14.7 Å². The third-order valence-electron chi connectivity index (χ3n) is 2.89. The van der Waals surface area contributed by atoms with Gasteiger partial charge < -0.3 is 10.4 Å². The van der Waals surface area contributed by atoms with Crippen molar-refractivity contribution in [1.82, 2.24) is 10.3 Å². The molecule has 1 aromatic heterocycles. The first-order chi connectivity index (χ1) is 9.31. The molecule has 0 unspecified atom stereocenters. The molecular formula is C14H13ClN2O3. The summed E-state index contributed by atoms with van der Waals surface area (Å²) >= 11 is 6.03. The van der Waals surface area contributed by atoms with Gasteiger partial charge in [0.15, 0.2) is 0 Å². The Morgan fingerprint density at radius 1 is 1.30 bits per heavy atom. The van der Waals surface area contributed by atoms with Crippen LogP contribution in [0.4, 0.5) is 0 Å². The van der Waals surface area contributed by atoms with Crippen molar-refractivity contribution in [2.24, 2.45) is 0 Å². The number of amides is 1. The largest absolute Gasteiger partial charge is 0.480 e. The first-order valence-electron chi connectivity index (χ1n) is 5.92. The first-order valence-corrected chi connectivity index (χ1v) is 6.30. The zero-order valence-electron chi connectivity index (χ0n) is 11.0. The van der Waals surface area contributed by atoms with Crippen molar-refractivity contribution >= 4 is 34.2 Å². The highest BCUT2D eigenvalue weighted by Crippen LogP contribution is 2.22. The normalized spacial score (nSPS) is 11.3. The number of fused-ring (bicyclic) bond motifs is 1. The third kappa shape index (κ3) is 2.72. The van der Waals surface area contributed by atoms with Crippen LogP contribution in [-0.4, -0.2) is 27.5 Å². The maximum absolute atomic E-state index is 12.1. The number of carbonyl (C=O) groups is 2. The quantitative estimate of drug-likeness (QED) is 0.852. The molecule has 0 radical (unpaired) electrons. The minimum Gasteiger partial charge on any atom is -0.480 e. The van der Waals surface area contributed by atoms with Gasteiger partial charge in [-0.15, -0.1) is 0 Å². The number of hydrogen-bond acceptors (Lipinski definition) is 3. The molecule has 2 rings (SSSR count). The van der Waals surface area contributed by atoms with E-state index in [-0.39, 0.29) is 10.8 Å². The number of carboxylic acid groups (broad SMARTS) is 1. The average Bonchev–Trinajstić information content (AvgIpc) is 2.38. The van der Waals surface area contributed by atoms with E-state index in [2.05, 4.69) is 10.3 Å². The van der Waals surface area contributed by atoms with Crippen LogP contribution in [0, 0.1) is 0 Å². The average molecular weight is 293 g/mol. The van der Waals surface area contributed by atoms with Gasteiger partial charge in [0.25, 0.3) is 5.91 Å². The van der Waals surface area contributed by atoms with E-state index in [0.717, 1.165) is 10.8 Å². The predicted octanol–water partition coefficient (Wildman–Crippen LogP) is 2.48. The summed E-state index contributed by atoms with van der Waals surface area (Å²) in [6.07, 6.45) is 0. The Hall–Kier alpha value is -2.14. The van der Waals surface area contributed by atoms with Crippen LogP contribution in [0.25, 0.3) is 10.8 Å². The number of carbonyl (C=O) groups excluding carboxylic acids is 1. The van der Waals surface area contributed by atoms with Crippen LogP contribution < -0.4 is 5.32 Å². The molecule has 0 aliphatic rings. The molecule has 0 spiro atoms. The van der Waals surface area contributed by atoms with E-state index >= 15 is 0 Å². The van der Waals surface area contributed by atoms with Gasteiger partial charge in [-0.1, -0.05) is 35.9 Å². The number of aliphatic carboxylic acids is 1. The molecule has 2 N–H and O–H groups in total. The van der Waals surface area contributed by atoms with Crippen molar-refractivity contribution in [1.29, 1.82) is 0 Å². The first kappa shape index (κ1) is 14.3. The second-order valence-electron chi connectivity index (χ2n) is 4.90. The highest BCUT2D eigenvalue weighted by molar-refractivity contribution is 6.34. The molecule has 6 heteroatoms. The lowest BCUT2D eigenvalue weighted by atomic mass is 10.1. The summed E-state index contributed by atoms with van der Waals surface area (Å²) in [4.78, 5) is 27.1. The van der Waals surface area contributed by atoms with Crippen molar-refractivity contribution in [2.45, 2.75) is 19.4 Å². The van der Waals surface area contributed by atoms with Gasteiger partial charge in [-0.25, -0.2) is 9.78 Å². The van der Waals surface area contributed by atoms with Crippen LogP contribution in [-0.2, 0) is 4.79 Å². The third-order valence-corrected chi connectivity index (χ3v) is 3.18. The lowest BCUT2D eigenvalue weighted by Crippen LogP contribution is -2.49. The molecular weight excluding hydrogens is 280 g/mol. The number of benzene rings is 1. The molecule has 0 aliphatic heterocycles. The Labute approximate surface area is 120 Å². The van der Waals surface area contributed by atoms with Gasteiger partial charge in [0, 0.05) is 5.39 Å². The molecule has 1 aromatic carbocycles. The van der Waals surface area contributed by atoms with Crippen molar-refractivity contribution in [3.63, 3.8) is 0 Å². The Morgan fingerprint density at radius 2 is 1.95 bits per heavy atom. The summed E-state index contributed by atoms with van der Waals surface area (Å²) in [5.41, 5.74) is -1.29. The Kier molecular flexibility index (Phi) is 3.63. The molecule has 0 saturated carbocycles. The number of rotatable bonds is 3. The number of carboxylic acids is 1. The summed E-state index contributed by atoms with van der Waals surface area (Å²) in [7, 11) is 0. The summed E-state index contributed by atoms with van der Waals surface area (Å²) in [6.45, 7) is 2.80. The maximum Gasteiger partial charge on any atom is 0.328 e. The van der Waals surface area contributed by atoms with Crippen LogP contribution >= 0.6 is 11.6 Å². The molecule has 104 valence electrons. The van der Waals surface area contributed by atoms with Gasteiger partial charge in [0.05, 0.1) is 0 Å². The molecule has 0 fully saturated rings. The molecule has 1 amide bonds. The minimum atomic E-state index is -1.38. The van der Waals surface area contributed by atoms with E-state index in [1.54, 1.807) is 12.1 Å². The van der Waals surface area contributed by atoms with Crippen LogP contribution in [0.1, 0.15) is 24.3 Å². The van der Waals surface area contributed by atoms with Gasteiger partial charge >= 0.3 is 5.97 Å². The summed E-state index contributed by atoms with van der Waals surface area (Å²) in [5.74, 6) is -1.71. The Bertz CT molecular complexity index is 698. The number of nitrogens with one attached hydrogen (secondary N) is 1. The summed E-state index contributed by atoms with van der Waals surface area (Å²) in [5, 5.41) is 13.1. The van der Waals surface area contributed by atoms with Gasteiger partial charge in [0.1, 0.15) is 16.4 Å². The molecule has 2 aromatic rings. The lowest BCUT2D eigenvalue weighted by Gasteiger charge is -2.20. The van der Waals surface area contributed by atoms with Crippen molar-refractivity contribution in [3.8, 4) is 0 Å². The van der Waals surface area contributed by atoms with Gasteiger partial charge in [-0.2, -0.15) is 0 Å². The zero-order valence-corrected chi connectivity index (χ0v) is 11.7. The Balaban J connectivity index is 2.38. The van der Waals surface area contributed by atoms with Gasteiger partial charge in [-0.05, 0) is 25.3 Å². The fourth-order valence-electron chi connectivity index (χ4n) is 1.67. The lowest BCUT2D eigenvalue weighted by molar-refractivity contribution is -0.143. The molecule has 0 atom stereocenters. The molecule has 0 bridgehead atoms. The predicted molar refractivity (Wildman–Crippen MR) is 75.9 cm³/mol. The van der Waals surface area contributed by atoms with Gasteiger partial charge in [-0.3, -0.25) is 4.79 Å². The number of nitrogens with zero attached hydrogens (tertiary/aromatic N) is 1. The van der Waals surface area contributed by atoms with E-state index in [1.165, 1.54) is 13.8 Å². The molecule has 0 saturated heterocycles. The zero-order chi connectivity index (χ0) is 14.9. The number of hydrogen-bond donors (Lipinski definition) is 2. The van der Waals surface area contributed by atoms with Crippen LogP contribution in [0.3, 0.4) is 0 Å². The van der Waals surface area contributed by atoms with E-state index < -0.39 is 17.4 Å². The number of aromatic nitrogens is 1. The highest BCUT2D eigenvalue weighted by atomic mass is 35.5. The fourth-order valence-corrected chi connectivity index (χ4v) is 1.94. The standard InChI is InChI=1S/C14H13ClN2O3/c1-14(2,13(19)20)17-12(18)10-7-8-5-3-4-6-9(8)11(15)16-10/h3-7H,1-2H3,(H,17,18)(H,19,20). The minimum absolute atomic E-state index is 0.0861. The smallest absolute Gasteiger partial charge is 0.328 e. The second-order valence-corrected chi connectivity index (χ2v) is 5.26. The second kappa shape index (κ2) is 5.09. The van der Waals surface area contributed by atoms with Gasteiger partial charge in [0.2, 0.25) is 0 Å². The molecule has 5 nitrogen and oxygen atoms in total. The molecule has 20 heavy (non-hydrogen) atoms. The van der Waals surface area contributed by atoms with Crippen LogP contribution in [0.15, 0.2) is 30.3 Å². The maximum atomic E-state index is 12.1. The monoisotopic (exact) mass is 292 g/mol. The molecule has 1 heterocycles. The Morgan fingerprint density at radius 3 is 2.60 bits per heavy atom. The molecule has 0 aliphatic carbocycles. The fraction of sp³-hybridized carbons (Fsp3) is 0.214. The van der Waals surface area contributed by atoms with Crippen molar-refractivity contribution in [2.75, 3.05) is 0 Å². The van der Waals surface area contributed by atoms with E-state index in [1.807, 2.05) is 18.2 Å². The summed E-state index contributed by atoms with van der Waals surface area (Å²) < 4.78 is 0. The SMILES string of the molecule is CC(C)(NC(=O)c1cc2ccccc2c(Cl)n1)C(=O)O. The summed E-state index contributed by atoms with van der Waals surface area (Å²) in [6, 6.07) is 8.83. The topological polar surface area (TPSA) is 79.3 Å². The van der Waals surface area contributed by atoms with Crippen LogP contribution in [0.2, 0.25) is 5.15 Å². The number of pyridine rings is 1. The number of halogens is 1. The van der Waals surface area contributed by atoms with E-state index in [4.69, 9.17) is 16.7 Å². The van der Waals surface area contributed by atoms with Crippen molar-refractivity contribution in [3.05, 3.63) is 41.2 Å².